The predicted octanol–water partition coefficient (Wildman–Crippen LogP) is 4.15. The molecule has 11 heteroatoms. The van der Waals surface area contributed by atoms with Gasteiger partial charge in [-0.25, -0.2) is 18.7 Å². The molecule has 2 aromatic heterocycles. The first-order valence-corrected chi connectivity index (χ1v) is 12.6. The quantitative estimate of drug-likeness (QED) is 0.409. The summed E-state index contributed by atoms with van der Waals surface area (Å²) in [7, 11) is 1.78. The summed E-state index contributed by atoms with van der Waals surface area (Å²) in [6, 6.07) is 8.73. The van der Waals surface area contributed by atoms with Gasteiger partial charge in [-0.15, -0.1) is 0 Å². The highest BCUT2D eigenvalue weighted by Gasteiger charge is 2.27. The van der Waals surface area contributed by atoms with Crippen molar-refractivity contribution in [2.45, 2.75) is 26.0 Å². The summed E-state index contributed by atoms with van der Waals surface area (Å²) >= 11 is 6.57. The van der Waals surface area contributed by atoms with E-state index >= 15 is 0 Å². The number of piperazine rings is 1. The van der Waals surface area contributed by atoms with E-state index in [1.807, 2.05) is 4.90 Å². The van der Waals surface area contributed by atoms with E-state index in [0.717, 1.165) is 11.6 Å². The van der Waals surface area contributed by atoms with Crippen molar-refractivity contribution in [1.82, 2.24) is 29.5 Å². The Bertz CT molecular complexity index is 1530. The minimum Gasteiger partial charge on any atom is -0.382 e. The van der Waals surface area contributed by atoms with E-state index in [2.05, 4.69) is 15.1 Å². The fraction of sp³-hybridized carbons (Fsp3) is 0.333. The van der Waals surface area contributed by atoms with E-state index in [4.69, 9.17) is 11.6 Å². The Morgan fingerprint density at radius 3 is 2.53 bits per heavy atom. The molecule has 0 spiro atoms. The van der Waals surface area contributed by atoms with E-state index < -0.39 is 17.2 Å². The van der Waals surface area contributed by atoms with Crippen LogP contribution >= 0.6 is 11.6 Å². The first-order valence-electron chi connectivity index (χ1n) is 12.2. The molecule has 1 fully saturated rings. The van der Waals surface area contributed by atoms with E-state index in [1.165, 1.54) is 12.1 Å². The number of fused-ring (bicyclic) bond motifs is 1. The van der Waals surface area contributed by atoms with Gasteiger partial charge in [-0.1, -0.05) is 17.7 Å². The van der Waals surface area contributed by atoms with Gasteiger partial charge in [0.15, 0.2) is 5.82 Å². The maximum atomic E-state index is 14.1. The maximum Gasteiger partial charge on any atom is 0.255 e. The fourth-order valence-electron chi connectivity index (χ4n) is 4.59. The predicted molar refractivity (Wildman–Crippen MR) is 140 cm³/mol. The van der Waals surface area contributed by atoms with Crippen molar-refractivity contribution in [3.63, 3.8) is 0 Å². The molecule has 0 radical (unpaired) electrons. The van der Waals surface area contributed by atoms with E-state index in [9.17, 15) is 18.7 Å². The Hall–Kier alpha value is -3.47. The van der Waals surface area contributed by atoms with E-state index in [1.54, 1.807) is 54.9 Å². The highest BCUT2D eigenvalue weighted by Crippen LogP contribution is 2.32. The van der Waals surface area contributed by atoms with Crippen LogP contribution in [0.2, 0.25) is 5.02 Å². The zero-order valence-electron chi connectivity index (χ0n) is 21.2. The first-order chi connectivity index (χ1) is 18.0. The summed E-state index contributed by atoms with van der Waals surface area (Å²) in [5, 5.41) is 16.0. The van der Waals surface area contributed by atoms with Gasteiger partial charge in [0.25, 0.3) is 5.91 Å². The minimum absolute atomic E-state index is 0.209. The highest BCUT2D eigenvalue weighted by molar-refractivity contribution is 6.34. The van der Waals surface area contributed by atoms with Crippen LogP contribution in [0, 0.1) is 11.6 Å². The first kappa shape index (κ1) is 26.1. The summed E-state index contributed by atoms with van der Waals surface area (Å²) in [5.41, 5.74) is 1.34. The molecule has 1 amide bonds. The number of aryl methyl sites for hydroxylation is 1. The Morgan fingerprint density at radius 2 is 1.84 bits per heavy atom. The SMILES string of the molecule is Cn1nc(-c2ccnc(C(C)(C)O)n2)c2cc(C(=O)N3CCN(Cc4ccc(F)cc4F)CC3)c(Cl)cc21. The molecule has 1 N–H and O–H groups in total. The molecule has 8 nitrogen and oxygen atoms in total. The molecule has 1 saturated heterocycles. The lowest BCUT2D eigenvalue weighted by Gasteiger charge is -2.35. The molecule has 5 rings (SSSR count). The number of aliphatic hydroxyl groups is 1. The average Bonchev–Trinajstić information content (AvgIpc) is 3.20. The van der Waals surface area contributed by atoms with Crippen LogP contribution in [0.1, 0.15) is 35.6 Å². The summed E-state index contributed by atoms with van der Waals surface area (Å²) in [6.07, 6.45) is 1.56. The monoisotopic (exact) mass is 540 g/mol. The molecule has 1 aliphatic heterocycles. The fourth-order valence-corrected chi connectivity index (χ4v) is 4.83. The van der Waals surface area contributed by atoms with Crippen LogP contribution in [-0.2, 0) is 19.2 Å². The van der Waals surface area contributed by atoms with Crippen LogP contribution in [0.4, 0.5) is 8.78 Å². The molecule has 38 heavy (non-hydrogen) atoms. The molecule has 4 aromatic rings. The van der Waals surface area contributed by atoms with Gasteiger partial charge < -0.3 is 10.0 Å². The number of halogens is 3. The lowest BCUT2D eigenvalue weighted by Crippen LogP contribution is -2.48. The van der Waals surface area contributed by atoms with Crippen molar-refractivity contribution in [2.24, 2.45) is 7.05 Å². The minimum atomic E-state index is -1.23. The number of hydrogen-bond acceptors (Lipinski definition) is 6. The Balaban J connectivity index is 1.38. The topological polar surface area (TPSA) is 87.4 Å². The number of amides is 1. The van der Waals surface area contributed by atoms with Crippen molar-refractivity contribution in [3.05, 3.63) is 76.2 Å². The molecule has 1 aliphatic rings. The Morgan fingerprint density at radius 1 is 1.11 bits per heavy atom. The van der Waals surface area contributed by atoms with Gasteiger partial charge in [-0.2, -0.15) is 5.10 Å². The third kappa shape index (κ3) is 5.11. The van der Waals surface area contributed by atoms with Crippen molar-refractivity contribution in [2.75, 3.05) is 26.2 Å². The van der Waals surface area contributed by atoms with Gasteiger partial charge in [-0.05, 0) is 38.1 Å². The molecule has 0 unspecified atom stereocenters. The zero-order valence-corrected chi connectivity index (χ0v) is 22.0. The number of nitrogens with zero attached hydrogens (tertiary/aromatic N) is 6. The lowest BCUT2D eigenvalue weighted by atomic mass is 10.1. The molecule has 0 bridgehead atoms. The normalized spacial score (nSPS) is 14.9. The van der Waals surface area contributed by atoms with Crippen LogP contribution in [0.3, 0.4) is 0 Å². The Labute approximate surface area is 223 Å². The molecule has 0 aliphatic carbocycles. The lowest BCUT2D eigenvalue weighted by molar-refractivity contribution is 0.0627. The third-order valence-corrected chi connectivity index (χ3v) is 7.00. The smallest absolute Gasteiger partial charge is 0.255 e. The molecular weight excluding hydrogens is 514 g/mol. The van der Waals surface area contributed by atoms with Gasteiger partial charge in [0, 0.05) is 63.0 Å². The second-order valence-corrected chi connectivity index (χ2v) is 10.4. The molecule has 3 heterocycles. The van der Waals surface area contributed by atoms with Crippen molar-refractivity contribution in [1.29, 1.82) is 0 Å². The molecule has 0 atom stereocenters. The van der Waals surface area contributed by atoms with Crippen LogP contribution in [-0.4, -0.2) is 66.7 Å². The molecule has 198 valence electrons. The summed E-state index contributed by atoms with van der Waals surface area (Å²) in [6.45, 7) is 5.52. The largest absolute Gasteiger partial charge is 0.382 e. The van der Waals surface area contributed by atoms with Gasteiger partial charge in [0.05, 0.1) is 21.8 Å². The van der Waals surface area contributed by atoms with Crippen molar-refractivity contribution >= 4 is 28.4 Å². The summed E-state index contributed by atoms with van der Waals surface area (Å²) in [5.74, 6) is -1.13. The van der Waals surface area contributed by atoms with Crippen molar-refractivity contribution in [3.8, 4) is 11.4 Å². The number of carbonyl (C=O) groups is 1. The number of carbonyl (C=O) groups excluding carboxylic acids is 1. The Kier molecular flexibility index (Phi) is 6.89. The highest BCUT2D eigenvalue weighted by atomic mass is 35.5. The number of benzene rings is 2. The molecule has 0 saturated carbocycles. The van der Waals surface area contributed by atoms with E-state index in [0.29, 0.717) is 65.6 Å². The maximum absolute atomic E-state index is 14.1. The van der Waals surface area contributed by atoms with Crippen LogP contribution in [0.25, 0.3) is 22.3 Å². The second kappa shape index (κ2) is 10.0. The number of aromatic nitrogens is 4. The van der Waals surface area contributed by atoms with Gasteiger partial charge in [0.2, 0.25) is 0 Å². The average molecular weight is 541 g/mol. The molecular formula is C27H27ClF2N6O2. The number of hydrogen-bond donors (Lipinski definition) is 1. The standard InChI is InChI=1S/C27H27ClF2N6O2/c1-27(2,38)26-31-7-6-22(32-26)24-19-13-18(20(28)14-23(19)34(3)33-24)25(37)36-10-8-35(9-11-36)15-16-4-5-17(29)12-21(16)30/h4-7,12-14,38H,8-11,15H2,1-3H3. The van der Waals surface area contributed by atoms with Crippen molar-refractivity contribution < 1.29 is 18.7 Å². The van der Waals surface area contributed by atoms with Crippen LogP contribution in [0.15, 0.2) is 42.6 Å². The summed E-state index contributed by atoms with van der Waals surface area (Å²) < 4.78 is 29.0. The zero-order chi connectivity index (χ0) is 27.2. The number of rotatable bonds is 5. The van der Waals surface area contributed by atoms with E-state index in [-0.39, 0.29) is 11.7 Å². The van der Waals surface area contributed by atoms with Gasteiger partial charge >= 0.3 is 0 Å². The van der Waals surface area contributed by atoms with Crippen LogP contribution < -0.4 is 0 Å². The van der Waals surface area contributed by atoms with Gasteiger partial charge in [0.1, 0.15) is 22.9 Å². The van der Waals surface area contributed by atoms with Gasteiger partial charge in [-0.3, -0.25) is 14.4 Å². The second-order valence-electron chi connectivity index (χ2n) is 9.95. The third-order valence-electron chi connectivity index (χ3n) is 6.68. The summed E-state index contributed by atoms with van der Waals surface area (Å²) in [4.78, 5) is 25.9. The molecule has 2 aromatic carbocycles. The van der Waals surface area contributed by atoms with Crippen LogP contribution in [0.5, 0.6) is 0 Å².